The second kappa shape index (κ2) is 8.85. The summed E-state index contributed by atoms with van der Waals surface area (Å²) in [4.78, 5) is 0. The summed E-state index contributed by atoms with van der Waals surface area (Å²) in [7, 11) is 0. The van der Waals surface area contributed by atoms with Crippen molar-refractivity contribution in [2.75, 3.05) is 5.73 Å². The van der Waals surface area contributed by atoms with Crippen LogP contribution in [0.15, 0.2) is 103 Å². The zero-order valence-electron chi connectivity index (χ0n) is 15.8. The number of benzene rings is 4. The molecule has 0 heterocycles. The number of rotatable bonds is 4. The molecule has 28 heavy (non-hydrogen) atoms. The first-order chi connectivity index (χ1) is 13.3. The Kier molecular flexibility index (Phi) is 6.05. The molecule has 0 spiro atoms. The lowest BCUT2D eigenvalue weighted by Crippen LogP contribution is -1.96. The minimum Gasteiger partial charge on any atom is -0.398 e. The van der Waals surface area contributed by atoms with E-state index < -0.39 is 0 Å². The number of nitrogen functional groups attached to an aromatic ring is 1. The van der Waals surface area contributed by atoms with E-state index in [0.717, 1.165) is 33.5 Å². The van der Waals surface area contributed by atoms with Gasteiger partial charge in [-0.3, -0.25) is 0 Å². The van der Waals surface area contributed by atoms with Crippen LogP contribution in [0.25, 0.3) is 34.4 Å². The van der Waals surface area contributed by atoms with Gasteiger partial charge in [0.15, 0.2) is 0 Å². The van der Waals surface area contributed by atoms with Crippen molar-refractivity contribution in [3.05, 3.63) is 114 Å². The van der Waals surface area contributed by atoms with Crippen LogP contribution >= 0.6 is 0 Å². The van der Waals surface area contributed by atoms with Crippen molar-refractivity contribution in [2.24, 2.45) is 0 Å². The molecule has 0 aliphatic heterocycles. The van der Waals surface area contributed by atoms with Gasteiger partial charge in [-0.2, -0.15) is 0 Å². The average molecular weight is 364 g/mol. The smallest absolute Gasteiger partial charge is 0.0400 e. The van der Waals surface area contributed by atoms with Crippen molar-refractivity contribution in [3.8, 4) is 22.3 Å². The van der Waals surface area contributed by atoms with E-state index in [0.29, 0.717) is 0 Å². The van der Waals surface area contributed by atoms with E-state index in [1.54, 1.807) is 0 Å². The Morgan fingerprint density at radius 1 is 0.500 bits per heavy atom. The minimum absolute atomic E-state index is 0. The van der Waals surface area contributed by atoms with E-state index in [-0.39, 0.29) is 6.15 Å². The van der Waals surface area contributed by atoms with Crippen molar-refractivity contribution in [1.82, 2.24) is 6.15 Å². The van der Waals surface area contributed by atoms with Gasteiger partial charge in [0, 0.05) is 11.3 Å². The van der Waals surface area contributed by atoms with Gasteiger partial charge in [0.1, 0.15) is 0 Å². The Bertz CT molecular complexity index is 1050. The zero-order valence-corrected chi connectivity index (χ0v) is 15.8. The first-order valence-electron chi connectivity index (χ1n) is 9.09. The molecule has 0 radical (unpaired) electrons. The maximum absolute atomic E-state index is 6.44. The minimum atomic E-state index is 0. The van der Waals surface area contributed by atoms with Gasteiger partial charge < -0.3 is 11.9 Å². The summed E-state index contributed by atoms with van der Waals surface area (Å²) in [6, 6.07) is 35.3. The molecule has 0 fully saturated rings. The highest BCUT2D eigenvalue weighted by Crippen LogP contribution is 2.39. The van der Waals surface area contributed by atoms with Crippen LogP contribution in [0.3, 0.4) is 0 Å². The van der Waals surface area contributed by atoms with Gasteiger partial charge in [0.05, 0.1) is 0 Å². The fourth-order valence-electron chi connectivity index (χ4n) is 3.36. The van der Waals surface area contributed by atoms with Crippen molar-refractivity contribution in [3.63, 3.8) is 0 Å². The maximum atomic E-state index is 6.44. The highest BCUT2D eigenvalue weighted by Gasteiger charge is 2.14. The normalized spacial score (nSPS) is 10.6. The second-order valence-corrected chi connectivity index (χ2v) is 6.47. The average Bonchev–Trinajstić information content (AvgIpc) is 2.74. The lowest BCUT2D eigenvalue weighted by molar-refractivity contribution is 1.56. The van der Waals surface area contributed by atoms with E-state index >= 15 is 0 Å². The van der Waals surface area contributed by atoms with Crippen LogP contribution in [0.2, 0.25) is 0 Å². The molecule has 0 aliphatic carbocycles. The van der Waals surface area contributed by atoms with Gasteiger partial charge in [-0.15, -0.1) is 0 Å². The lowest BCUT2D eigenvalue weighted by atomic mass is 9.89. The summed E-state index contributed by atoms with van der Waals surface area (Å²) in [6.07, 6.45) is 4.32. The SMILES string of the molecule is N.Nc1ccc(C=Cc2ccccc2)c(-c2ccccc2)c1-c1ccccc1. The zero-order chi connectivity index (χ0) is 18.5. The number of hydrogen-bond donors (Lipinski definition) is 2. The molecule has 0 unspecified atom stereocenters. The molecule has 0 saturated heterocycles. The predicted molar refractivity (Wildman–Crippen MR) is 122 cm³/mol. The van der Waals surface area contributed by atoms with Crippen LogP contribution in [0.5, 0.6) is 0 Å². The first kappa shape index (κ1) is 19.2. The third kappa shape index (κ3) is 4.03. The monoisotopic (exact) mass is 364 g/mol. The molecule has 0 aliphatic rings. The summed E-state index contributed by atoms with van der Waals surface area (Å²) in [5, 5.41) is 0. The van der Waals surface area contributed by atoms with Crippen molar-refractivity contribution >= 4 is 17.8 Å². The van der Waals surface area contributed by atoms with Crippen LogP contribution in [-0.4, -0.2) is 0 Å². The first-order valence-corrected chi connectivity index (χ1v) is 9.09. The maximum Gasteiger partial charge on any atom is 0.0400 e. The molecular weight excluding hydrogens is 340 g/mol. The molecule has 5 N–H and O–H groups in total. The van der Waals surface area contributed by atoms with Gasteiger partial charge in [-0.25, -0.2) is 0 Å². The molecule has 4 aromatic rings. The molecule has 138 valence electrons. The van der Waals surface area contributed by atoms with E-state index in [1.165, 1.54) is 5.56 Å². The van der Waals surface area contributed by atoms with Crippen LogP contribution in [-0.2, 0) is 0 Å². The molecule has 0 aromatic heterocycles. The van der Waals surface area contributed by atoms with Crippen molar-refractivity contribution in [2.45, 2.75) is 0 Å². The Morgan fingerprint density at radius 2 is 1.00 bits per heavy atom. The van der Waals surface area contributed by atoms with Gasteiger partial charge in [-0.1, -0.05) is 109 Å². The third-order valence-electron chi connectivity index (χ3n) is 4.65. The quantitative estimate of drug-likeness (QED) is 0.304. The number of nitrogens with two attached hydrogens (primary N) is 1. The summed E-state index contributed by atoms with van der Waals surface area (Å²) in [6.45, 7) is 0. The number of anilines is 1. The van der Waals surface area contributed by atoms with E-state index in [1.807, 2.05) is 24.3 Å². The Balaban J connectivity index is 0.00000225. The Hall–Kier alpha value is -3.62. The molecule has 4 rings (SSSR count). The Morgan fingerprint density at radius 3 is 1.57 bits per heavy atom. The Labute approximate surface area is 166 Å². The topological polar surface area (TPSA) is 61.0 Å². The van der Waals surface area contributed by atoms with Gasteiger partial charge in [0.2, 0.25) is 0 Å². The molecule has 4 aromatic carbocycles. The molecular formula is C26H24N2. The standard InChI is InChI=1S/C26H21N.H3N/c27-24-19-18-23(17-16-20-10-4-1-5-11-20)25(21-12-6-2-7-13-21)26(24)22-14-8-3-9-15-22;/h1-19H,27H2;1H3. The predicted octanol–water partition coefficient (Wildman–Crippen LogP) is 6.94. The highest BCUT2D eigenvalue weighted by molar-refractivity contribution is 5.96. The summed E-state index contributed by atoms with van der Waals surface area (Å²) < 4.78 is 0. The molecule has 0 amide bonds. The van der Waals surface area contributed by atoms with Crippen molar-refractivity contribution < 1.29 is 0 Å². The van der Waals surface area contributed by atoms with Crippen LogP contribution in [0.1, 0.15) is 11.1 Å². The lowest BCUT2D eigenvalue weighted by Gasteiger charge is -2.16. The highest BCUT2D eigenvalue weighted by atomic mass is 14.6. The largest absolute Gasteiger partial charge is 0.398 e. The summed E-state index contributed by atoms with van der Waals surface area (Å²) >= 11 is 0. The molecule has 0 atom stereocenters. The van der Waals surface area contributed by atoms with Crippen LogP contribution in [0, 0.1) is 0 Å². The van der Waals surface area contributed by atoms with Crippen LogP contribution in [0.4, 0.5) is 5.69 Å². The van der Waals surface area contributed by atoms with Crippen LogP contribution < -0.4 is 11.9 Å². The summed E-state index contributed by atoms with van der Waals surface area (Å²) in [5.74, 6) is 0. The fraction of sp³-hybridized carbons (Fsp3) is 0. The van der Waals surface area contributed by atoms with Gasteiger partial charge >= 0.3 is 0 Å². The van der Waals surface area contributed by atoms with Gasteiger partial charge in [-0.05, 0) is 33.9 Å². The van der Waals surface area contributed by atoms with E-state index in [9.17, 15) is 0 Å². The van der Waals surface area contributed by atoms with E-state index in [2.05, 4.69) is 91.0 Å². The van der Waals surface area contributed by atoms with Crippen molar-refractivity contribution in [1.29, 1.82) is 0 Å². The fourth-order valence-corrected chi connectivity index (χ4v) is 3.36. The summed E-state index contributed by atoms with van der Waals surface area (Å²) in [5.41, 5.74) is 14.1. The van der Waals surface area contributed by atoms with Gasteiger partial charge in [0.25, 0.3) is 0 Å². The molecule has 2 nitrogen and oxygen atoms in total. The third-order valence-corrected chi connectivity index (χ3v) is 4.65. The van der Waals surface area contributed by atoms with E-state index in [4.69, 9.17) is 5.73 Å². The molecule has 0 bridgehead atoms. The molecule has 0 saturated carbocycles. The second-order valence-electron chi connectivity index (χ2n) is 6.47. The number of hydrogen-bond acceptors (Lipinski definition) is 2. The molecule has 2 heteroatoms.